The molecule has 46 heavy (non-hydrogen) atoms. The van der Waals surface area contributed by atoms with Gasteiger partial charge in [0.05, 0.1) is 31.7 Å². The van der Waals surface area contributed by atoms with Crippen LogP contribution in [0.5, 0.6) is 11.5 Å². The number of ether oxygens (including phenoxy) is 2. The lowest BCUT2D eigenvalue weighted by molar-refractivity contribution is -0.136. The molecule has 11 nitrogen and oxygen atoms in total. The lowest BCUT2D eigenvalue weighted by atomic mass is 9.77. The van der Waals surface area contributed by atoms with Crippen molar-refractivity contribution in [2.45, 2.75) is 37.4 Å². The second kappa shape index (κ2) is 12.2. The number of methoxy groups -OCH3 is 2. The van der Waals surface area contributed by atoms with Crippen molar-refractivity contribution in [1.29, 1.82) is 0 Å². The Morgan fingerprint density at radius 3 is 2.37 bits per heavy atom. The van der Waals surface area contributed by atoms with Gasteiger partial charge >= 0.3 is 0 Å². The number of nitrogens with zero attached hydrogens (tertiary/aromatic N) is 6. The standard InChI is InChI=1S/C34H31BrN6O5/c1-45-25-13-9-20(10-14-25)17-22-5-3-8-27-29(22)37-41(31(27)21-11-15-26(46-2)16-12-21)28(42)19-39-32-30(36-38-39)33(43)40(34(32)44)24-7-4-6-23(35)18-24/h4,6-7,9-18,27,30-32H,3,5,8,19H2,1-2H3/b22-17+/t27-,30+,31-,32+/m1/s1. The Kier molecular flexibility index (Phi) is 7.89. The summed E-state index contributed by atoms with van der Waals surface area (Å²) in [6, 6.07) is 20.1. The van der Waals surface area contributed by atoms with Gasteiger partial charge in [0.15, 0.2) is 12.1 Å². The molecule has 0 aromatic heterocycles. The van der Waals surface area contributed by atoms with Gasteiger partial charge in [-0.15, -0.1) is 0 Å². The van der Waals surface area contributed by atoms with E-state index in [-0.39, 0.29) is 24.4 Å². The van der Waals surface area contributed by atoms with Crippen LogP contribution in [0.3, 0.4) is 0 Å². The first-order valence-electron chi connectivity index (χ1n) is 15.1. The summed E-state index contributed by atoms with van der Waals surface area (Å²) in [6.45, 7) is -0.260. The maximum absolute atomic E-state index is 14.2. The number of fused-ring (bicyclic) bond motifs is 2. The molecule has 0 radical (unpaired) electrons. The third kappa shape index (κ3) is 5.26. The molecule has 4 atom stereocenters. The molecule has 3 amide bonds. The fraction of sp³-hybridized carbons (Fsp3) is 0.294. The molecule has 234 valence electrons. The largest absolute Gasteiger partial charge is 0.497 e. The van der Waals surface area contributed by atoms with Crippen molar-refractivity contribution >= 4 is 51.1 Å². The zero-order valence-corrected chi connectivity index (χ0v) is 26.8. The fourth-order valence-corrected chi connectivity index (χ4v) is 7.06. The number of imide groups is 1. The molecule has 1 saturated heterocycles. The number of carbonyl (C=O) groups excluding carboxylic acids is 3. The maximum Gasteiger partial charge on any atom is 0.264 e. The average molecular weight is 684 g/mol. The highest BCUT2D eigenvalue weighted by molar-refractivity contribution is 9.10. The van der Waals surface area contributed by atoms with Crippen LogP contribution in [-0.4, -0.2) is 66.3 Å². The summed E-state index contributed by atoms with van der Waals surface area (Å²) in [4.78, 5) is 42.1. The van der Waals surface area contributed by atoms with E-state index in [0.717, 1.165) is 56.8 Å². The molecule has 3 aliphatic heterocycles. The highest BCUT2D eigenvalue weighted by Gasteiger charge is 2.55. The number of hydrazone groups is 1. The van der Waals surface area contributed by atoms with Crippen LogP contribution in [0.25, 0.3) is 6.08 Å². The minimum atomic E-state index is -1.01. The van der Waals surface area contributed by atoms with Gasteiger partial charge in [-0.1, -0.05) is 51.5 Å². The highest BCUT2D eigenvalue weighted by atomic mass is 79.9. The molecule has 2 fully saturated rings. The summed E-state index contributed by atoms with van der Waals surface area (Å²) >= 11 is 3.40. The Labute approximate surface area is 274 Å². The van der Waals surface area contributed by atoms with E-state index in [1.54, 1.807) is 32.4 Å². The van der Waals surface area contributed by atoms with Gasteiger partial charge in [-0.25, -0.2) is 9.91 Å². The lowest BCUT2D eigenvalue weighted by Crippen LogP contribution is -2.45. The molecular formula is C34H31BrN6O5. The summed E-state index contributed by atoms with van der Waals surface area (Å²) < 4.78 is 11.4. The number of benzene rings is 3. The molecule has 0 N–H and O–H groups in total. The van der Waals surface area contributed by atoms with E-state index in [1.165, 1.54) is 10.0 Å². The summed E-state index contributed by atoms with van der Waals surface area (Å²) in [7, 11) is 3.25. The molecule has 3 heterocycles. The van der Waals surface area contributed by atoms with Crippen LogP contribution in [0.1, 0.15) is 36.4 Å². The van der Waals surface area contributed by atoms with Crippen molar-refractivity contribution in [3.05, 3.63) is 94.0 Å². The molecule has 12 heteroatoms. The van der Waals surface area contributed by atoms with Gasteiger partial charge in [-0.3, -0.25) is 19.4 Å². The van der Waals surface area contributed by atoms with Gasteiger partial charge in [0, 0.05) is 10.4 Å². The van der Waals surface area contributed by atoms with Crippen LogP contribution >= 0.6 is 15.9 Å². The Balaban J connectivity index is 1.19. The molecular weight excluding hydrogens is 652 g/mol. The third-order valence-electron chi connectivity index (χ3n) is 8.89. The van der Waals surface area contributed by atoms with Crippen LogP contribution in [-0.2, 0) is 14.4 Å². The molecule has 4 aliphatic rings. The van der Waals surface area contributed by atoms with Crippen LogP contribution < -0.4 is 14.4 Å². The first-order valence-corrected chi connectivity index (χ1v) is 15.9. The van der Waals surface area contributed by atoms with Gasteiger partial charge < -0.3 is 9.47 Å². The van der Waals surface area contributed by atoms with Gasteiger partial charge in [0.2, 0.25) is 0 Å². The van der Waals surface area contributed by atoms with Gasteiger partial charge in [-0.2, -0.15) is 10.2 Å². The molecule has 3 aromatic rings. The molecule has 0 spiro atoms. The molecule has 0 unspecified atom stereocenters. The van der Waals surface area contributed by atoms with Crippen molar-refractivity contribution in [3.8, 4) is 11.5 Å². The number of hydrogen-bond donors (Lipinski definition) is 0. The predicted molar refractivity (Wildman–Crippen MR) is 174 cm³/mol. The molecule has 0 bridgehead atoms. The van der Waals surface area contributed by atoms with E-state index in [4.69, 9.17) is 14.6 Å². The number of rotatable bonds is 7. The fourth-order valence-electron chi connectivity index (χ4n) is 6.68. The number of halogens is 1. The number of allylic oxidation sites excluding steroid dienone is 1. The lowest BCUT2D eigenvalue weighted by Gasteiger charge is -2.30. The Hall–Kier alpha value is -4.84. The minimum Gasteiger partial charge on any atom is -0.497 e. The first kappa shape index (κ1) is 29.8. The molecule has 7 rings (SSSR count). The highest BCUT2D eigenvalue weighted by Crippen LogP contribution is 2.45. The second-order valence-corrected chi connectivity index (χ2v) is 12.5. The van der Waals surface area contributed by atoms with E-state index in [2.05, 4.69) is 32.3 Å². The Morgan fingerprint density at radius 2 is 1.67 bits per heavy atom. The van der Waals surface area contributed by atoms with Crippen LogP contribution in [0.2, 0.25) is 0 Å². The number of anilines is 1. The predicted octanol–water partition coefficient (Wildman–Crippen LogP) is 5.58. The topological polar surface area (TPSA) is 116 Å². The second-order valence-electron chi connectivity index (χ2n) is 11.6. The van der Waals surface area contributed by atoms with Gasteiger partial charge in [0.1, 0.15) is 18.0 Å². The minimum absolute atomic E-state index is 0.0229. The maximum atomic E-state index is 14.2. The number of amides is 3. The summed E-state index contributed by atoms with van der Waals surface area (Å²) in [6.07, 6.45) is 4.78. The number of hydrogen-bond acceptors (Lipinski definition) is 9. The summed E-state index contributed by atoms with van der Waals surface area (Å²) in [5.74, 6) is 0.194. The summed E-state index contributed by atoms with van der Waals surface area (Å²) in [5, 5.41) is 16.1. The average Bonchev–Trinajstić information content (AvgIpc) is 3.74. The first-order chi connectivity index (χ1) is 22.4. The monoisotopic (exact) mass is 682 g/mol. The van der Waals surface area contributed by atoms with Crippen LogP contribution in [0, 0.1) is 5.92 Å². The zero-order valence-electron chi connectivity index (χ0n) is 25.2. The van der Waals surface area contributed by atoms with Crippen molar-refractivity contribution in [2.75, 3.05) is 25.7 Å². The normalized spacial score (nSPS) is 24.4. The molecule has 3 aromatic carbocycles. The molecule has 1 saturated carbocycles. The quantitative estimate of drug-likeness (QED) is 0.300. The van der Waals surface area contributed by atoms with Crippen LogP contribution in [0.15, 0.2) is 98.3 Å². The van der Waals surface area contributed by atoms with Crippen LogP contribution in [0.4, 0.5) is 5.69 Å². The van der Waals surface area contributed by atoms with Crippen molar-refractivity contribution in [1.82, 2.24) is 10.0 Å². The Morgan fingerprint density at radius 1 is 0.957 bits per heavy atom. The van der Waals surface area contributed by atoms with Crippen molar-refractivity contribution in [3.63, 3.8) is 0 Å². The zero-order chi connectivity index (χ0) is 31.9. The Bertz CT molecular complexity index is 1790. The van der Waals surface area contributed by atoms with Crippen molar-refractivity contribution in [2.24, 2.45) is 21.4 Å². The smallest absolute Gasteiger partial charge is 0.264 e. The molecule has 1 aliphatic carbocycles. The SMILES string of the molecule is COc1ccc(/C=C2\CCC[C@@H]3C2=NN(C(=O)CN2N=N[C@@H]4C(=O)N(c5cccc(Br)c5)C(=O)[C@H]42)[C@@H]3c2ccc(OC)cc2)cc1. The van der Waals surface area contributed by atoms with E-state index in [9.17, 15) is 14.4 Å². The van der Waals surface area contributed by atoms with E-state index in [1.807, 2.05) is 54.6 Å². The van der Waals surface area contributed by atoms with E-state index in [0.29, 0.717) is 11.4 Å². The third-order valence-corrected chi connectivity index (χ3v) is 9.39. The van der Waals surface area contributed by atoms with E-state index < -0.39 is 23.9 Å². The van der Waals surface area contributed by atoms with Gasteiger partial charge in [-0.05, 0) is 84.5 Å². The summed E-state index contributed by atoms with van der Waals surface area (Å²) in [5.41, 5.74) is 4.35. The van der Waals surface area contributed by atoms with E-state index >= 15 is 0 Å². The number of carbonyl (C=O) groups is 3. The van der Waals surface area contributed by atoms with Gasteiger partial charge in [0.25, 0.3) is 17.7 Å². The van der Waals surface area contributed by atoms with Crippen molar-refractivity contribution < 1.29 is 23.9 Å².